The van der Waals surface area contributed by atoms with E-state index < -0.39 is 0 Å². The van der Waals surface area contributed by atoms with Crippen molar-refractivity contribution in [3.63, 3.8) is 0 Å². The fourth-order valence-corrected chi connectivity index (χ4v) is 2.25. The van der Waals surface area contributed by atoms with Crippen molar-refractivity contribution in [3.8, 4) is 0 Å². The van der Waals surface area contributed by atoms with Crippen molar-refractivity contribution in [1.82, 2.24) is 16.2 Å². The standard InChI is InChI=1S/C13H20ClN3/c1-2-7-15-9-12-8-13(17-16-12)10-3-5-11(14)6-4-10/h3-6,12-13,15-17H,2,7-9H2,1H3. The smallest absolute Gasteiger partial charge is 0.0478 e. The van der Waals surface area contributed by atoms with Crippen LogP contribution in [0.2, 0.25) is 5.02 Å². The lowest BCUT2D eigenvalue weighted by molar-refractivity contribution is 0.505. The molecule has 3 nitrogen and oxygen atoms in total. The molecule has 94 valence electrons. The Bertz CT molecular complexity index is 339. The zero-order chi connectivity index (χ0) is 12.1. The van der Waals surface area contributed by atoms with Crippen LogP contribution in [0.1, 0.15) is 31.4 Å². The van der Waals surface area contributed by atoms with Crippen molar-refractivity contribution in [1.29, 1.82) is 0 Å². The number of hydrazine groups is 1. The van der Waals surface area contributed by atoms with Crippen LogP contribution < -0.4 is 16.2 Å². The highest BCUT2D eigenvalue weighted by atomic mass is 35.5. The minimum atomic E-state index is 0.390. The van der Waals surface area contributed by atoms with Gasteiger partial charge in [-0.1, -0.05) is 30.7 Å². The first-order chi connectivity index (χ1) is 8.29. The molecule has 1 aliphatic heterocycles. The zero-order valence-corrected chi connectivity index (χ0v) is 10.9. The van der Waals surface area contributed by atoms with Crippen LogP contribution in [-0.4, -0.2) is 19.1 Å². The lowest BCUT2D eigenvalue weighted by Crippen LogP contribution is -2.38. The van der Waals surface area contributed by atoms with Crippen molar-refractivity contribution in [2.24, 2.45) is 0 Å². The Morgan fingerprint density at radius 1 is 1.29 bits per heavy atom. The van der Waals surface area contributed by atoms with E-state index in [2.05, 4.69) is 35.2 Å². The van der Waals surface area contributed by atoms with E-state index in [9.17, 15) is 0 Å². The van der Waals surface area contributed by atoms with E-state index in [4.69, 9.17) is 11.6 Å². The summed E-state index contributed by atoms with van der Waals surface area (Å²) < 4.78 is 0. The van der Waals surface area contributed by atoms with Crippen LogP contribution in [0, 0.1) is 0 Å². The Hall–Kier alpha value is -0.610. The normalized spacial score (nSPS) is 24.1. The van der Waals surface area contributed by atoms with Gasteiger partial charge in [-0.05, 0) is 37.1 Å². The average molecular weight is 254 g/mol. The Kier molecular flexibility index (Phi) is 4.80. The third-order valence-electron chi connectivity index (χ3n) is 3.07. The Balaban J connectivity index is 1.83. The summed E-state index contributed by atoms with van der Waals surface area (Å²) in [6.07, 6.45) is 2.29. The fourth-order valence-electron chi connectivity index (χ4n) is 2.12. The topological polar surface area (TPSA) is 36.1 Å². The summed E-state index contributed by atoms with van der Waals surface area (Å²) in [5, 5.41) is 4.23. The van der Waals surface area contributed by atoms with Gasteiger partial charge < -0.3 is 5.32 Å². The van der Waals surface area contributed by atoms with E-state index in [1.807, 2.05) is 12.1 Å². The fraction of sp³-hybridized carbons (Fsp3) is 0.538. The first-order valence-electron chi connectivity index (χ1n) is 6.27. The van der Waals surface area contributed by atoms with Gasteiger partial charge in [-0.3, -0.25) is 5.43 Å². The van der Waals surface area contributed by atoms with Gasteiger partial charge in [0, 0.05) is 23.7 Å². The average Bonchev–Trinajstić information content (AvgIpc) is 2.79. The maximum absolute atomic E-state index is 5.89. The van der Waals surface area contributed by atoms with Gasteiger partial charge in [-0.15, -0.1) is 0 Å². The highest BCUT2D eigenvalue weighted by molar-refractivity contribution is 6.30. The van der Waals surface area contributed by atoms with Gasteiger partial charge in [0.05, 0.1) is 0 Å². The molecule has 0 bridgehead atoms. The molecule has 0 radical (unpaired) electrons. The number of halogens is 1. The molecule has 0 aliphatic carbocycles. The van der Waals surface area contributed by atoms with Gasteiger partial charge in [0.1, 0.15) is 0 Å². The van der Waals surface area contributed by atoms with E-state index in [0.717, 1.165) is 24.5 Å². The second-order valence-corrected chi connectivity index (χ2v) is 4.97. The maximum Gasteiger partial charge on any atom is 0.0478 e. The van der Waals surface area contributed by atoms with E-state index >= 15 is 0 Å². The molecule has 1 aliphatic rings. The summed E-state index contributed by atoms with van der Waals surface area (Å²) in [4.78, 5) is 0. The summed E-state index contributed by atoms with van der Waals surface area (Å²) in [5.74, 6) is 0. The van der Waals surface area contributed by atoms with Gasteiger partial charge in [-0.2, -0.15) is 0 Å². The molecule has 2 atom stereocenters. The largest absolute Gasteiger partial charge is 0.315 e. The van der Waals surface area contributed by atoms with Gasteiger partial charge in [0.15, 0.2) is 0 Å². The number of hydrogen-bond donors (Lipinski definition) is 3. The minimum absolute atomic E-state index is 0.390. The SMILES string of the molecule is CCCNCC1CC(c2ccc(Cl)cc2)NN1. The third-order valence-corrected chi connectivity index (χ3v) is 3.32. The van der Waals surface area contributed by atoms with Crippen molar-refractivity contribution in [2.45, 2.75) is 31.8 Å². The minimum Gasteiger partial charge on any atom is -0.315 e. The molecule has 1 aromatic carbocycles. The Morgan fingerprint density at radius 2 is 2.06 bits per heavy atom. The second kappa shape index (κ2) is 6.36. The molecule has 3 N–H and O–H groups in total. The van der Waals surface area contributed by atoms with E-state index in [0.29, 0.717) is 12.1 Å². The molecule has 2 rings (SSSR count). The number of hydrogen-bond acceptors (Lipinski definition) is 3. The van der Waals surface area contributed by atoms with Crippen LogP contribution in [0.4, 0.5) is 0 Å². The first kappa shape index (κ1) is 12.8. The molecule has 1 aromatic rings. The van der Waals surface area contributed by atoms with E-state index in [1.165, 1.54) is 12.0 Å². The molecule has 4 heteroatoms. The number of nitrogens with one attached hydrogen (secondary N) is 3. The highest BCUT2D eigenvalue weighted by Gasteiger charge is 2.24. The van der Waals surface area contributed by atoms with Crippen molar-refractivity contribution < 1.29 is 0 Å². The van der Waals surface area contributed by atoms with Gasteiger partial charge in [-0.25, -0.2) is 5.43 Å². The molecule has 1 heterocycles. The quantitative estimate of drug-likeness (QED) is 0.705. The predicted molar refractivity (Wildman–Crippen MR) is 72.0 cm³/mol. The van der Waals surface area contributed by atoms with Crippen LogP contribution in [0.25, 0.3) is 0 Å². The van der Waals surface area contributed by atoms with Crippen LogP contribution in [0.3, 0.4) is 0 Å². The zero-order valence-electron chi connectivity index (χ0n) is 10.2. The van der Waals surface area contributed by atoms with E-state index in [-0.39, 0.29) is 0 Å². The molecule has 1 saturated heterocycles. The molecule has 0 spiro atoms. The lowest BCUT2D eigenvalue weighted by atomic mass is 10.0. The highest BCUT2D eigenvalue weighted by Crippen LogP contribution is 2.23. The summed E-state index contributed by atoms with van der Waals surface area (Å²) in [5.41, 5.74) is 7.96. The molecule has 0 aromatic heterocycles. The predicted octanol–water partition coefficient (Wildman–Crippen LogP) is 2.25. The van der Waals surface area contributed by atoms with Gasteiger partial charge in [0.2, 0.25) is 0 Å². The van der Waals surface area contributed by atoms with Gasteiger partial charge in [0.25, 0.3) is 0 Å². The monoisotopic (exact) mass is 253 g/mol. The summed E-state index contributed by atoms with van der Waals surface area (Å²) >= 11 is 5.89. The van der Waals surface area contributed by atoms with Crippen molar-refractivity contribution >= 4 is 11.6 Å². The van der Waals surface area contributed by atoms with Crippen LogP contribution in [0.15, 0.2) is 24.3 Å². The molecule has 2 unspecified atom stereocenters. The van der Waals surface area contributed by atoms with Crippen molar-refractivity contribution in [2.75, 3.05) is 13.1 Å². The van der Waals surface area contributed by atoms with Crippen LogP contribution in [-0.2, 0) is 0 Å². The van der Waals surface area contributed by atoms with E-state index in [1.54, 1.807) is 0 Å². The maximum atomic E-state index is 5.89. The molecular formula is C13H20ClN3. The molecule has 1 fully saturated rings. The Labute approximate surface area is 108 Å². The lowest BCUT2D eigenvalue weighted by Gasteiger charge is -2.10. The molecular weight excluding hydrogens is 234 g/mol. The molecule has 0 amide bonds. The second-order valence-electron chi connectivity index (χ2n) is 4.53. The first-order valence-corrected chi connectivity index (χ1v) is 6.64. The molecule has 17 heavy (non-hydrogen) atoms. The number of rotatable bonds is 5. The summed E-state index contributed by atoms with van der Waals surface area (Å²) in [6, 6.07) is 8.96. The van der Waals surface area contributed by atoms with Crippen molar-refractivity contribution in [3.05, 3.63) is 34.9 Å². The molecule has 0 saturated carbocycles. The number of benzene rings is 1. The summed E-state index contributed by atoms with van der Waals surface area (Å²) in [7, 11) is 0. The van der Waals surface area contributed by atoms with Crippen LogP contribution in [0.5, 0.6) is 0 Å². The van der Waals surface area contributed by atoms with Gasteiger partial charge >= 0.3 is 0 Å². The summed E-state index contributed by atoms with van der Waals surface area (Å²) in [6.45, 7) is 4.29. The third kappa shape index (κ3) is 3.68. The Morgan fingerprint density at radius 3 is 2.76 bits per heavy atom. The van der Waals surface area contributed by atoms with Crippen LogP contribution >= 0.6 is 11.6 Å².